The molecule has 2 radical (unpaired) electrons. The molecule has 1 atom stereocenters. The van der Waals surface area contributed by atoms with E-state index in [4.69, 9.17) is 7.85 Å². The highest BCUT2D eigenvalue weighted by Crippen LogP contribution is 2.51. The summed E-state index contributed by atoms with van der Waals surface area (Å²) in [6.07, 6.45) is 10.3. The van der Waals surface area contributed by atoms with Crippen LogP contribution in [0.4, 0.5) is 11.4 Å². The summed E-state index contributed by atoms with van der Waals surface area (Å²) in [6, 6.07) is 15.4. The van der Waals surface area contributed by atoms with Gasteiger partial charge in [-0.1, -0.05) is 93.6 Å². The van der Waals surface area contributed by atoms with E-state index in [-0.39, 0.29) is 5.31 Å². The minimum atomic E-state index is -0.0711. The first-order valence-corrected chi connectivity index (χ1v) is 10.9. The van der Waals surface area contributed by atoms with Gasteiger partial charge in [0.25, 0.3) is 0 Å². The quantitative estimate of drug-likeness (QED) is 0.475. The maximum Gasteiger partial charge on any atom is 0.0754 e. The molecular weight excluding hydrogens is 333 g/mol. The normalized spacial score (nSPS) is 20.5. The van der Waals surface area contributed by atoms with Gasteiger partial charge >= 0.3 is 0 Å². The van der Waals surface area contributed by atoms with Crippen LogP contribution in [0.25, 0.3) is 0 Å². The van der Waals surface area contributed by atoms with Crippen LogP contribution in [0.3, 0.4) is 0 Å². The number of para-hydroxylation sites is 1. The lowest BCUT2D eigenvalue weighted by Crippen LogP contribution is -2.21. The number of hydrogen-bond donors (Lipinski definition) is 1. The second-order valence-corrected chi connectivity index (χ2v) is 9.14. The number of hydrogen-bond acceptors (Lipinski definition) is 2. The number of fused-ring (bicyclic) bond motifs is 2. The second-order valence-electron chi connectivity index (χ2n) is 8.05. The summed E-state index contributed by atoms with van der Waals surface area (Å²) in [6.45, 7) is 2.34. The lowest BCUT2D eigenvalue weighted by atomic mass is 9.55. The average Bonchev–Trinajstić information content (AvgIpc) is 2.78. The van der Waals surface area contributed by atoms with E-state index >= 15 is 0 Å². The molecular formula is C23H28BNS. The van der Waals surface area contributed by atoms with E-state index in [2.05, 4.69) is 54.7 Å². The Morgan fingerprint density at radius 3 is 2.31 bits per heavy atom. The van der Waals surface area contributed by atoms with E-state index in [1.807, 2.05) is 11.8 Å². The zero-order valence-corrected chi connectivity index (χ0v) is 16.6. The van der Waals surface area contributed by atoms with Gasteiger partial charge in [0.15, 0.2) is 0 Å². The molecule has 134 valence electrons. The van der Waals surface area contributed by atoms with Crippen molar-refractivity contribution in [2.24, 2.45) is 0 Å². The summed E-state index contributed by atoms with van der Waals surface area (Å²) in [4.78, 5) is 2.60. The molecule has 2 aromatic carbocycles. The molecule has 1 N–H and O–H groups in total. The van der Waals surface area contributed by atoms with Crippen LogP contribution in [-0.2, 0) is 0 Å². The Bertz CT molecular complexity index is 763. The number of nitrogens with one attached hydrogen (secondary N) is 1. The molecule has 0 amide bonds. The largest absolute Gasteiger partial charge is 0.354 e. The third-order valence-electron chi connectivity index (χ3n) is 6.28. The third-order valence-corrected chi connectivity index (χ3v) is 7.43. The molecule has 1 nitrogen and oxygen atoms in total. The van der Waals surface area contributed by atoms with E-state index < -0.39 is 0 Å². The van der Waals surface area contributed by atoms with Crippen LogP contribution >= 0.6 is 11.8 Å². The molecule has 2 aliphatic rings. The Labute approximate surface area is 163 Å². The van der Waals surface area contributed by atoms with Gasteiger partial charge in [-0.25, -0.2) is 0 Å². The highest BCUT2D eigenvalue weighted by molar-refractivity contribution is 7.99. The Morgan fingerprint density at radius 2 is 1.54 bits per heavy atom. The van der Waals surface area contributed by atoms with Crippen molar-refractivity contribution in [1.82, 2.24) is 0 Å². The van der Waals surface area contributed by atoms with Crippen molar-refractivity contribution in [3.8, 4) is 0 Å². The topological polar surface area (TPSA) is 12.0 Å². The molecule has 0 bridgehead atoms. The first-order valence-electron chi connectivity index (χ1n) is 10.1. The van der Waals surface area contributed by atoms with Crippen molar-refractivity contribution in [3.05, 3.63) is 48.0 Å². The zero-order chi connectivity index (χ0) is 18.0. The van der Waals surface area contributed by atoms with Crippen molar-refractivity contribution < 1.29 is 0 Å². The highest BCUT2D eigenvalue weighted by atomic mass is 32.2. The summed E-state index contributed by atoms with van der Waals surface area (Å²) < 4.78 is 0. The van der Waals surface area contributed by atoms with Gasteiger partial charge in [-0.3, -0.25) is 0 Å². The molecule has 2 aromatic rings. The fourth-order valence-corrected chi connectivity index (χ4v) is 5.40. The summed E-state index contributed by atoms with van der Waals surface area (Å²) in [5.74, 6) is 0.384. The number of benzene rings is 2. The van der Waals surface area contributed by atoms with Gasteiger partial charge in [-0.2, -0.15) is 0 Å². The first-order chi connectivity index (χ1) is 12.7. The minimum absolute atomic E-state index is 0.0711. The van der Waals surface area contributed by atoms with E-state index in [1.54, 1.807) is 0 Å². The van der Waals surface area contributed by atoms with Gasteiger partial charge in [0.05, 0.1) is 19.2 Å². The number of anilines is 2. The monoisotopic (exact) mass is 361 g/mol. The van der Waals surface area contributed by atoms with Crippen LogP contribution in [0.5, 0.6) is 0 Å². The Kier molecular flexibility index (Phi) is 5.36. The van der Waals surface area contributed by atoms with E-state index in [1.165, 1.54) is 65.3 Å². The Hall–Kier alpha value is -1.35. The SMILES string of the molecule is [B]C1(C(C)c2ccc3c(c2)Nc2ccccc2S3)CCCCCCCC1. The predicted molar refractivity (Wildman–Crippen MR) is 114 cm³/mol. The maximum absolute atomic E-state index is 7.00. The molecule has 4 rings (SSSR count). The predicted octanol–water partition coefficient (Wildman–Crippen LogP) is 7.46. The van der Waals surface area contributed by atoms with Crippen molar-refractivity contribution in [3.63, 3.8) is 0 Å². The van der Waals surface area contributed by atoms with E-state index in [0.717, 1.165) is 12.8 Å². The summed E-state index contributed by atoms with van der Waals surface area (Å²) >= 11 is 1.85. The fourth-order valence-electron chi connectivity index (χ4n) is 4.43. The fraction of sp³-hybridized carbons (Fsp3) is 0.478. The average molecular weight is 361 g/mol. The maximum atomic E-state index is 7.00. The summed E-state index contributed by atoms with van der Waals surface area (Å²) in [5.41, 5.74) is 3.81. The van der Waals surface area contributed by atoms with Crippen molar-refractivity contribution in [2.75, 3.05) is 5.32 Å². The van der Waals surface area contributed by atoms with Crippen LogP contribution in [0.2, 0.25) is 5.31 Å². The molecule has 1 aliphatic carbocycles. The van der Waals surface area contributed by atoms with Crippen LogP contribution < -0.4 is 5.32 Å². The van der Waals surface area contributed by atoms with E-state index in [0.29, 0.717) is 5.92 Å². The number of rotatable bonds is 2. The molecule has 3 heteroatoms. The van der Waals surface area contributed by atoms with Gasteiger partial charge in [0.2, 0.25) is 0 Å². The second kappa shape index (κ2) is 7.72. The molecule has 0 saturated heterocycles. The van der Waals surface area contributed by atoms with Crippen LogP contribution in [0, 0.1) is 0 Å². The first kappa shape index (κ1) is 18.0. The van der Waals surface area contributed by atoms with Crippen LogP contribution in [0.1, 0.15) is 69.8 Å². The standard InChI is InChI=1S/C23H28BNS/c1-17(23(24)14-8-4-2-3-5-9-15-23)18-12-13-22-20(16-18)25-19-10-6-7-11-21(19)26-22/h6-7,10-13,16-17,25H,2-5,8-9,14-15H2,1H3. The molecule has 26 heavy (non-hydrogen) atoms. The van der Waals surface area contributed by atoms with Crippen molar-refractivity contribution in [1.29, 1.82) is 0 Å². The minimum Gasteiger partial charge on any atom is -0.354 e. The lowest BCUT2D eigenvalue weighted by molar-refractivity contribution is 0.394. The molecule has 1 saturated carbocycles. The third kappa shape index (κ3) is 3.69. The van der Waals surface area contributed by atoms with Gasteiger partial charge in [-0.15, -0.1) is 0 Å². The lowest BCUT2D eigenvalue weighted by Gasteiger charge is -2.37. The molecule has 0 aromatic heterocycles. The summed E-state index contributed by atoms with van der Waals surface area (Å²) in [7, 11) is 7.00. The molecule has 1 aliphatic heterocycles. The van der Waals surface area contributed by atoms with Gasteiger partial charge in [0.1, 0.15) is 0 Å². The molecule has 1 fully saturated rings. The van der Waals surface area contributed by atoms with Gasteiger partial charge in [0, 0.05) is 9.79 Å². The smallest absolute Gasteiger partial charge is 0.0754 e. The summed E-state index contributed by atoms with van der Waals surface area (Å²) in [5, 5.41) is 3.55. The molecule has 1 heterocycles. The Morgan fingerprint density at radius 1 is 0.885 bits per heavy atom. The Balaban J connectivity index is 1.58. The zero-order valence-electron chi connectivity index (χ0n) is 15.8. The van der Waals surface area contributed by atoms with Crippen molar-refractivity contribution in [2.45, 2.75) is 79.3 Å². The van der Waals surface area contributed by atoms with Crippen LogP contribution in [0.15, 0.2) is 52.3 Å². The molecule has 0 spiro atoms. The van der Waals surface area contributed by atoms with Crippen LogP contribution in [-0.4, -0.2) is 7.85 Å². The molecule has 1 unspecified atom stereocenters. The van der Waals surface area contributed by atoms with E-state index in [9.17, 15) is 0 Å². The van der Waals surface area contributed by atoms with Gasteiger partial charge in [-0.05, 0) is 35.7 Å². The van der Waals surface area contributed by atoms with Gasteiger partial charge < -0.3 is 5.32 Å². The van der Waals surface area contributed by atoms with Crippen molar-refractivity contribution >= 4 is 31.0 Å². The highest BCUT2D eigenvalue weighted by Gasteiger charge is 2.31.